The number of hydrogen-bond donors (Lipinski definition) is 0. The summed E-state index contributed by atoms with van der Waals surface area (Å²) < 4.78 is 1.46. The summed E-state index contributed by atoms with van der Waals surface area (Å²) in [5, 5.41) is 2.87. The molecule has 3 heteroatoms. The van der Waals surface area contributed by atoms with E-state index in [0.29, 0.717) is 0 Å². The summed E-state index contributed by atoms with van der Waals surface area (Å²) in [6.07, 6.45) is 62.1. The molecule has 398 valence electrons. The second-order valence-electron chi connectivity index (χ2n) is 21.2. The van der Waals surface area contributed by atoms with Crippen molar-refractivity contribution in [2.24, 2.45) is 0 Å². The molecule has 2 aromatic rings. The third-order valence-corrected chi connectivity index (χ3v) is 16.0. The van der Waals surface area contributed by atoms with Gasteiger partial charge < -0.3 is 5.53 Å². The number of nitrogens with zero attached hydrogens (tertiary/aromatic N) is 2. The maximum atomic E-state index is 11.4. The van der Waals surface area contributed by atoms with Gasteiger partial charge in [-0.05, 0) is 73.9 Å². The number of rotatable bonds is 47. The summed E-state index contributed by atoms with van der Waals surface area (Å²) in [6.45, 7) is 11.4. The van der Waals surface area contributed by atoms with Gasteiger partial charge in [-0.3, -0.25) is 0 Å². The van der Waals surface area contributed by atoms with Crippen LogP contribution in [0.1, 0.15) is 320 Å². The van der Waals surface area contributed by atoms with Crippen LogP contribution < -0.4 is 0 Å². The van der Waals surface area contributed by atoms with Crippen LogP contribution in [-0.2, 0) is 27.3 Å². The fourth-order valence-electron chi connectivity index (χ4n) is 10.1. The molecule has 1 heterocycles. The van der Waals surface area contributed by atoms with Gasteiger partial charge in [-0.2, -0.15) is 0 Å². The second kappa shape index (κ2) is 47.0. The average molecular weight is 994 g/mol. The van der Waals surface area contributed by atoms with E-state index in [1.54, 1.807) is 0 Å². The van der Waals surface area contributed by atoms with E-state index in [1.165, 1.54) is 283 Å². The summed E-state index contributed by atoms with van der Waals surface area (Å²) in [4.78, 5) is 0. The monoisotopic (exact) mass is 993 g/mol. The van der Waals surface area contributed by atoms with Crippen molar-refractivity contribution in [3.63, 3.8) is 0 Å². The third-order valence-electron chi connectivity index (χ3n) is 14.6. The van der Waals surface area contributed by atoms with Crippen LogP contribution in [0, 0.1) is 0 Å². The Labute approximate surface area is 437 Å². The van der Waals surface area contributed by atoms with Gasteiger partial charge in [0.15, 0.2) is 0 Å². The zero-order chi connectivity index (χ0) is 49.5. The van der Waals surface area contributed by atoms with E-state index in [4.69, 9.17) is 0 Å². The standard InChI is InChI=1S/C32H44N2.2C17H35.Ni/c1-4-7-10-13-17-26-18-14-21-28(23-26)31-25-30(20-12-9-6-3)32(34(31)33)29-22-15-19-27(24-29)16-11-8-5-2;2*1-3-5-7-9-11-13-15-17-16-14-12-10-8-6-4-2;/h14-15,18-19,21-25H,4-13,16-17,20H2,1-3H3;2*1,3-17H2,2H3;. The second-order valence-corrected chi connectivity index (χ2v) is 22.7. The van der Waals surface area contributed by atoms with Crippen molar-refractivity contribution in [1.29, 1.82) is 0 Å². The molecule has 69 heavy (non-hydrogen) atoms. The molecule has 0 aromatic heterocycles. The number of allylic oxidation sites excluding steroid dienone is 2. The van der Waals surface area contributed by atoms with E-state index in [2.05, 4.69) is 89.2 Å². The van der Waals surface area contributed by atoms with Crippen LogP contribution in [0.4, 0.5) is 0 Å². The summed E-state index contributed by atoms with van der Waals surface area (Å²) in [5.74, 6) is 0. The Morgan fingerprint density at radius 1 is 0.348 bits per heavy atom. The Balaban J connectivity index is 0.000000473. The fraction of sp³-hybridized carbons (Fsp3) is 0.758. The molecule has 2 nitrogen and oxygen atoms in total. The SMILES string of the molecule is CCCCCCCCCCCCCCCC[CH2][Ni][CH2]CCCCCCCCCCCCCCCC.CCCCCCc1cccc(C2=CC(CCCCC)=C(c3cccc(CCCCC)c3)[N+]2=[N-])c1. The molecule has 0 N–H and O–H groups in total. The van der Waals surface area contributed by atoms with Gasteiger partial charge in [-0.1, -0.05) is 155 Å². The van der Waals surface area contributed by atoms with E-state index >= 15 is 0 Å². The first-order chi connectivity index (χ1) is 34.1. The zero-order valence-corrected chi connectivity index (χ0v) is 47.7. The molecule has 0 aliphatic carbocycles. The Bertz CT molecular complexity index is 1500. The van der Waals surface area contributed by atoms with Crippen molar-refractivity contribution in [3.05, 3.63) is 88.0 Å². The topological polar surface area (TPSA) is 25.3 Å². The Kier molecular flexibility index (Phi) is 43.0. The van der Waals surface area contributed by atoms with Gasteiger partial charge in [-0.25, -0.2) is 4.70 Å². The van der Waals surface area contributed by atoms with Gasteiger partial charge in [-0.15, -0.1) is 0 Å². The van der Waals surface area contributed by atoms with Crippen LogP contribution in [-0.4, -0.2) is 4.70 Å². The number of unbranched alkanes of at least 4 members (excludes halogenated alkanes) is 35. The van der Waals surface area contributed by atoms with Crippen LogP contribution in [0.3, 0.4) is 0 Å². The van der Waals surface area contributed by atoms with Crippen LogP contribution >= 0.6 is 0 Å². The van der Waals surface area contributed by atoms with Gasteiger partial charge in [0.1, 0.15) is 0 Å². The van der Waals surface area contributed by atoms with Gasteiger partial charge in [0.2, 0.25) is 11.4 Å². The van der Waals surface area contributed by atoms with E-state index < -0.39 is 0 Å². The minimum absolute atomic E-state index is 0.910. The van der Waals surface area contributed by atoms with Crippen molar-refractivity contribution in [1.82, 2.24) is 0 Å². The van der Waals surface area contributed by atoms with Gasteiger partial charge in [0, 0.05) is 22.8 Å². The first-order valence-electron chi connectivity index (χ1n) is 30.7. The minimum Gasteiger partial charge on any atom is -0.493 e. The van der Waals surface area contributed by atoms with Gasteiger partial charge >= 0.3 is 166 Å². The summed E-state index contributed by atoms with van der Waals surface area (Å²) in [5.41, 5.74) is 19.5. The molecule has 0 bridgehead atoms. The number of benzene rings is 2. The quantitative estimate of drug-likeness (QED) is 0.0359. The molecule has 0 spiro atoms. The van der Waals surface area contributed by atoms with E-state index in [9.17, 15) is 5.53 Å². The number of aryl methyl sites for hydroxylation is 2. The average Bonchev–Trinajstić information content (AvgIpc) is 3.70. The van der Waals surface area contributed by atoms with Crippen LogP contribution in [0.5, 0.6) is 0 Å². The van der Waals surface area contributed by atoms with Crippen molar-refractivity contribution in [2.45, 2.75) is 321 Å². The summed E-state index contributed by atoms with van der Waals surface area (Å²) >= 11 is 2.04. The maximum absolute atomic E-state index is 11.4. The fourth-order valence-corrected chi connectivity index (χ4v) is 11.3. The Hall–Kier alpha value is -1.99. The van der Waals surface area contributed by atoms with Gasteiger partial charge in [0.05, 0.1) is 0 Å². The molecule has 1 aliphatic rings. The van der Waals surface area contributed by atoms with Crippen LogP contribution in [0.2, 0.25) is 10.8 Å². The first-order valence-corrected chi connectivity index (χ1v) is 32.1. The van der Waals surface area contributed by atoms with Crippen LogP contribution in [0.15, 0.2) is 60.2 Å². The van der Waals surface area contributed by atoms with Crippen LogP contribution in [0.25, 0.3) is 16.9 Å². The first kappa shape index (κ1) is 63.1. The molecule has 3 rings (SSSR count). The minimum atomic E-state index is 0.910. The molecule has 0 fully saturated rings. The van der Waals surface area contributed by atoms with Crippen molar-refractivity contribution in [2.75, 3.05) is 0 Å². The molecular formula is C66H114N2Ni. The molecule has 0 radical (unpaired) electrons. The Morgan fingerprint density at radius 3 is 1.06 bits per heavy atom. The molecule has 0 unspecified atom stereocenters. The predicted octanol–water partition coefficient (Wildman–Crippen LogP) is 23.6. The number of hydrogen-bond acceptors (Lipinski definition) is 0. The molecule has 0 atom stereocenters. The normalized spacial score (nSPS) is 12.6. The molecule has 0 amide bonds. The van der Waals surface area contributed by atoms with E-state index in [0.717, 1.165) is 48.2 Å². The third kappa shape index (κ3) is 33.4. The molecular weight excluding hydrogens is 879 g/mol. The van der Waals surface area contributed by atoms with E-state index in [-0.39, 0.29) is 0 Å². The summed E-state index contributed by atoms with van der Waals surface area (Å²) in [7, 11) is 0. The van der Waals surface area contributed by atoms with Crippen molar-refractivity contribution in [3.8, 4) is 0 Å². The molecule has 0 saturated carbocycles. The van der Waals surface area contributed by atoms with E-state index in [1.807, 2.05) is 14.4 Å². The molecule has 1 aliphatic heterocycles. The smallest absolute Gasteiger partial charge is 0.493 e. The summed E-state index contributed by atoms with van der Waals surface area (Å²) in [6, 6.07) is 17.6. The van der Waals surface area contributed by atoms with Crippen molar-refractivity contribution >= 4 is 11.4 Å². The van der Waals surface area contributed by atoms with Gasteiger partial charge in [0.25, 0.3) is 0 Å². The molecule has 2 aromatic carbocycles. The Morgan fingerprint density at radius 2 is 0.652 bits per heavy atom. The zero-order valence-electron chi connectivity index (χ0n) is 46.7. The molecule has 0 saturated heterocycles. The predicted molar refractivity (Wildman–Crippen MR) is 306 cm³/mol. The van der Waals surface area contributed by atoms with Crippen molar-refractivity contribution < 1.29 is 19.1 Å².